The molecule has 0 saturated carbocycles. The average molecular weight is 351 g/mol. The number of allylic oxidation sites excluding steroid dienone is 2. The highest BCUT2D eigenvalue weighted by Gasteiger charge is 2.30. The summed E-state index contributed by atoms with van der Waals surface area (Å²) in [6.07, 6.45) is 8.21. The van der Waals surface area contributed by atoms with Crippen LogP contribution in [0.2, 0.25) is 0 Å². The van der Waals surface area contributed by atoms with E-state index in [2.05, 4.69) is 81.4 Å². The van der Waals surface area contributed by atoms with Crippen LogP contribution in [-0.4, -0.2) is 11.2 Å². The molecule has 1 rings (SSSR count). The standard InChI is InChI=1S/C23H42O2/c1-16(2)11-13-19(17(3)4)18-12-14-20(24-22(5,6)7)21(15-18)25-23(8,9)10/h14-19H,11-13H2,1-10H3. The maximum Gasteiger partial charge on any atom is 0.157 e. The maximum atomic E-state index is 6.29. The first-order valence-electron chi connectivity index (χ1n) is 10.1. The molecular formula is C23H42O2. The van der Waals surface area contributed by atoms with E-state index >= 15 is 0 Å². The molecule has 0 N–H and O–H groups in total. The summed E-state index contributed by atoms with van der Waals surface area (Å²) >= 11 is 0. The molecule has 1 aliphatic rings. The zero-order valence-corrected chi connectivity index (χ0v) is 18.4. The van der Waals surface area contributed by atoms with Crippen molar-refractivity contribution in [1.82, 2.24) is 0 Å². The minimum Gasteiger partial charge on any atom is -0.485 e. The van der Waals surface area contributed by atoms with E-state index in [0.29, 0.717) is 17.8 Å². The van der Waals surface area contributed by atoms with E-state index in [9.17, 15) is 0 Å². The SMILES string of the molecule is CC(C)CCC(C(C)C)C1C=C(OC(C)(C)C)C(OC(C)(C)C)=CC1. The zero-order chi connectivity index (χ0) is 19.4. The predicted molar refractivity (Wildman–Crippen MR) is 108 cm³/mol. The number of hydrogen-bond donors (Lipinski definition) is 0. The van der Waals surface area contributed by atoms with E-state index in [1.807, 2.05) is 0 Å². The van der Waals surface area contributed by atoms with Gasteiger partial charge in [0.05, 0.1) is 0 Å². The molecule has 0 fully saturated rings. The molecule has 2 unspecified atom stereocenters. The van der Waals surface area contributed by atoms with Crippen molar-refractivity contribution in [2.75, 3.05) is 0 Å². The minimum absolute atomic E-state index is 0.214. The van der Waals surface area contributed by atoms with Gasteiger partial charge < -0.3 is 9.47 Å². The van der Waals surface area contributed by atoms with Crippen molar-refractivity contribution >= 4 is 0 Å². The van der Waals surface area contributed by atoms with Crippen molar-refractivity contribution < 1.29 is 9.47 Å². The highest BCUT2D eigenvalue weighted by molar-refractivity contribution is 5.27. The molecule has 0 saturated heterocycles. The largest absolute Gasteiger partial charge is 0.485 e. The highest BCUT2D eigenvalue weighted by atomic mass is 16.6. The molecule has 25 heavy (non-hydrogen) atoms. The zero-order valence-electron chi connectivity index (χ0n) is 18.4. The highest BCUT2D eigenvalue weighted by Crippen LogP contribution is 2.38. The van der Waals surface area contributed by atoms with Gasteiger partial charge in [0.1, 0.15) is 11.2 Å². The fourth-order valence-electron chi connectivity index (χ4n) is 3.39. The first-order chi connectivity index (χ1) is 11.3. The van der Waals surface area contributed by atoms with Crippen molar-refractivity contribution in [3.63, 3.8) is 0 Å². The van der Waals surface area contributed by atoms with E-state index < -0.39 is 0 Å². The summed E-state index contributed by atoms with van der Waals surface area (Å²) in [7, 11) is 0. The normalized spacial score (nSPS) is 20.4. The lowest BCUT2D eigenvalue weighted by atomic mass is 9.76. The van der Waals surface area contributed by atoms with Gasteiger partial charge in [0.15, 0.2) is 11.5 Å². The molecule has 2 nitrogen and oxygen atoms in total. The molecule has 0 radical (unpaired) electrons. The molecule has 0 aliphatic heterocycles. The van der Waals surface area contributed by atoms with E-state index in [1.165, 1.54) is 12.8 Å². The van der Waals surface area contributed by atoms with E-state index in [-0.39, 0.29) is 11.2 Å². The molecule has 0 spiro atoms. The Kier molecular flexibility index (Phi) is 7.65. The number of hydrogen-bond acceptors (Lipinski definition) is 2. The van der Waals surface area contributed by atoms with E-state index in [0.717, 1.165) is 23.9 Å². The quantitative estimate of drug-likeness (QED) is 0.487. The van der Waals surface area contributed by atoms with Crippen LogP contribution in [0.3, 0.4) is 0 Å². The Morgan fingerprint density at radius 3 is 1.84 bits per heavy atom. The van der Waals surface area contributed by atoms with Gasteiger partial charge in [-0.05, 0) is 90.2 Å². The molecule has 0 bridgehead atoms. The molecule has 2 heteroatoms. The molecule has 146 valence electrons. The molecule has 0 aromatic carbocycles. The molecule has 0 heterocycles. The van der Waals surface area contributed by atoms with Crippen LogP contribution in [0.25, 0.3) is 0 Å². The lowest BCUT2D eigenvalue weighted by Gasteiger charge is -2.35. The van der Waals surface area contributed by atoms with Crippen molar-refractivity contribution in [3.8, 4) is 0 Å². The van der Waals surface area contributed by atoms with Crippen LogP contribution in [0.15, 0.2) is 23.7 Å². The van der Waals surface area contributed by atoms with E-state index in [1.54, 1.807) is 0 Å². The van der Waals surface area contributed by atoms with Gasteiger partial charge in [-0.3, -0.25) is 0 Å². The molecule has 0 amide bonds. The van der Waals surface area contributed by atoms with Crippen molar-refractivity contribution in [1.29, 1.82) is 0 Å². The van der Waals surface area contributed by atoms with Crippen molar-refractivity contribution in [3.05, 3.63) is 23.7 Å². The molecule has 0 aromatic rings. The summed E-state index contributed by atoms with van der Waals surface area (Å²) in [5, 5.41) is 0. The fourth-order valence-corrected chi connectivity index (χ4v) is 3.39. The lowest BCUT2D eigenvalue weighted by Crippen LogP contribution is -2.28. The predicted octanol–water partition coefficient (Wildman–Crippen LogP) is 7.11. The van der Waals surface area contributed by atoms with Gasteiger partial charge in [0.25, 0.3) is 0 Å². The number of rotatable bonds is 7. The third-order valence-corrected chi connectivity index (χ3v) is 4.50. The van der Waals surface area contributed by atoms with E-state index in [4.69, 9.17) is 9.47 Å². The van der Waals surface area contributed by atoms with Gasteiger partial charge in [-0.1, -0.05) is 34.1 Å². The average Bonchev–Trinajstić information content (AvgIpc) is 2.37. The summed E-state index contributed by atoms with van der Waals surface area (Å²) in [6, 6.07) is 0. The van der Waals surface area contributed by atoms with Crippen LogP contribution in [0.1, 0.15) is 88.5 Å². The first-order valence-corrected chi connectivity index (χ1v) is 10.1. The van der Waals surface area contributed by atoms with Crippen LogP contribution < -0.4 is 0 Å². The Morgan fingerprint density at radius 2 is 1.40 bits per heavy atom. The van der Waals surface area contributed by atoms with Gasteiger partial charge in [0.2, 0.25) is 0 Å². The second kappa shape index (κ2) is 8.64. The Morgan fingerprint density at radius 1 is 0.880 bits per heavy atom. The van der Waals surface area contributed by atoms with Gasteiger partial charge in [-0.15, -0.1) is 0 Å². The topological polar surface area (TPSA) is 18.5 Å². The van der Waals surface area contributed by atoms with Crippen LogP contribution in [0, 0.1) is 23.7 Å². The second-order valence-electron chi connectivity index (χ2n) is 10.3. The molecule has 2 atom stereocenters. The summed E-state index contributed by atoms with van der Waals surface area (Å²) in [5.41, 5.74) is -0.437. The van der Waals surface area contributed by atoms with Crippen LogP contribution in [-0.2, 0) is 9.47 Å². The van der Waals surface area contributed by atoms with Crippen LogP contribution >= 0.6 is 0 Å². The van der Waals surface area contributed by atoms with Crippen molar-refractivity contribution in [2.45, 2.75) is 99.7 Å². The summed E-state index contributed by atoms with van der Waals surface area (Å²) in [5.74, 6) is 4.49. The smallest absolute Gasteiger partial charge is 0.157 e. The third-order valence-electron chi connectivity index (χ3n) is 4.50. The Labute approximate surface area is 157 Å². The molecular weight excluding hydrogens is 308 g/mol. The Bertz CT molecular complexity index is 469. The number of ether oxygens (including phenoxy) is 2. The maximum absolute atomic E-state index is 6.29. The third kappa shape index (κ3) is 8.33. The van der Waals surface area contributed by atoms with Gasteiger partial charge in [-0.25, -0.2) is 0 Å². The summed E-state index contributed by atoms with van der Waals surface area (Å²) < 4.78 is 12.5. The lowest BCUT2D eigenvalue weighted by molar-refractivity contribution is 0.00127. The van der Waals surface area contributed by atoms with Gasteiger partial charge >= 0.3 is 0 Å². The fraction of sp³-hybridized carbons (Fsp3) is 0.826. The van der Waals surface area contributed by atoms with Crippen LogP contribution in [0.4, 0.5) is 0 Å². The molecule has 1 aliphatic carbocycles. The summed E-state index contributed by atoms with van der Waals surface area (Å²) in [6.45, 7) is 21.9. The summed E-state index contributed by atoms with van der Waals surface area (Å²) in [4.78, 5) is 0. The molecule has 0 aromatic heterocycles. The minimum atomic E-state index is -0.223. The first kappa shape index (κ1) is 22.1. The monoisotopic (exact) mass is 350 g/mol. The Balaban J connectivity index is 3.03. The van der Waals surface area contributed by atoms with Gasteiger partial charge in [0, 0.05) is 0 Å². The van der Waals surface area contributed by atoms with Gasteiger partial charge in [-0.2, -0.15) is 0 Å². The van der Waals surface area contributed by atoms with Crippen molar-refractivity contribution in [2.24, 2.45) is 23.7 Å². The Hall–Kier alpha value is -0.920. The van der Waals surface area contributed by atoms with Crippen LogP contribution in [0.5, 0.6) is 0 Å². The second-order valence-corrected chi connectivity index (χ2v) is 10.3.